The molecule has 1 aliphatic heterocycles. The Kier molecular flexibility index (Phi) is 4.42. The zero-order valence-corrected chi connectivity index (χ0v) is 10.3. The first-order valence-electron chi connectivity index (χ1n) is 6.08. The highest BCUT2D eigenvalue weighted by Gasteiger charge is 2.30. The lowest BCUT2D eigenvalue weighted by Crippen LogP contribution is -2.11. The van der Waals surface area contributed by atoms with Crippen LogP contribution in [-0.4, -0.2) is 24.7 Å². The summed E-state index contributed by atoms with van der Waals surface area (Å²) in [6.07, 6.45) is 0.533. The molecule has 0 fully saturated rings. The number of hydrogen-bond acceptors (Lipinski definition) is 3. The average molecular weight is 272 g/mol. The van der Waals surface area contributed by atoms with Crippen molar-refractivity contribution >= 4 is 5.82 Å². The van der Waals surface area contributed by atoms with E-state index in [0.717, 1.165) is 25.0 Å². The summed E-state index contributed by atoms with van der Waals surface area (Å²) in [5.74, 6) is 0.252. The monoisotopic (exact) mass is 272 g/mol. The standard InChI is InChI=1S/C13H15F3N2O/c14-13(15,16)11-2-6-18-12(9-11)17-5-1-10-3-7-19-8-4-10/h2-3,6,9H,1,4-5,7-8H2,(H,17,18). The van der Waals surface area contributed by atoms with Gasteiger partial charge in [-0.05, 0) is 25.0 Å². The van der Waals surface area contributed by atoms with Gasteiger partial charge in [-0.25, -0.2) is 4.98 Å². The normalized spacial score (nSPS) is 16.1. The van der Waals surface area contributed by atoms with E-state index < -0.39 is 11.7 Å². The number of hydrogen-bond donors (Lipinski definition) is 1. The van der Waals surface area contributed by atoms with Gasteiger partial charge >= 0.3 is 6.18 Å². The van der Waals surface area contributed by atoms with Crippen LogP contribution in [0.1, 0.15) is 18.4 Å². The van der Waals surface area contributed by atoms with Gasteiger partial charge in [0.1, 0.15) is 5.82 Å². The summed E-state index contributed by atoms with van der Waals surface area (Å²) < 4.78 is 42.7. The summed E-state index contributed by atoms with van der Waals surface area (Å²) in [6.45, 7) is 1.91. The number of nitrogens with zero attached hydrogens (tertiary/aromatic N) is 1. The molecular formula is C13H15F3N2O. The number of ether oxygens (including phenoxy) is 1. The molecule has 2 rings (SSSR count). The van der Waals surface area contributed by atoms with Crippen LogP contribution < -0.4 is 5.32 Å². The van der Waals surface area contributed by atoms with Gasteiger partial charge in [-0.1, -0.05) is 11.6 Å². The molecule has 3 nitrogen and oxygen atoms in total. The van der Waals surface area contributed by atoms with Crippen LogP contribution in [0.4, 0.5) is 19.0 Å². The SMILES string of the molecule is FC(F)(F)c1ccnc(NCCC2=CCOCC2)c1. The van der Waals surface area contributed by atoms with Crippen molar-refractivity contribution < 1.29 is 17.9 Å². The van der Waals surface area contributed by atoms with Crippen LogP contribution in [0.3, 0.4) is 0 Å². The Labute approximate surface area is 109 Å². The lowest BCUT2D eigenvalue weighted by molar-refractivity contribution is -0.137. The van der Waals surface area contributed by atoms with Crippen LogP contribution in [0.2, 0.25) is 0 Å². The van der Waals surface area contributed by atoms with E-state index in [0.29, 0.717) is 19.8 Å². The Morgan fingerprint density at radius 1 is 1.37 bits per heavy atom. The number of alkyl halides is 3. The van der Waals surface area contributed by atoms with Gasteiger partial charge in [-0.3, -0.25) is 0 Å². The van der Waals surface area contributed by atoms with Crippen LogP contribution in [-0.2, 0) is 10.9 Å². The molecule has 19 heavy (non-hydrogen) atoms. The van der Waals surface area contributed by atoms with Gasteiger partial charge in [0.05, 0.1) is 18.8 Å². The largest absolute Gasteiger partial charge is 0.416 e. The van der Waals surface area contributed by atoms with E-state index in [9.17, 15) is 13.2 Å². The van der Waals surface area contributed by atoms with E-state index in [1.54, 1.807) is 0 Å². The second-order valence-electron chi connectivity index (χ2n) is 4.29. The van der Waals surface area contributed by atoms with Gasteiger partial charge in [-0.15, -0.1) is 0 Å². The Morgan fingerprint density at radius 2 is 2.21 bits per heavy atom. The average Bonchev–Trinajstić information content (AvgIpc) is 2.39. The molecule has 1 N–H and O–H groups in total. The van der Waals surface area contributed by atoms with E-state index in [2.05, 4.69) is 10.3 Å². The molecule has 0 atom stereocenters. The van der Waals surface area contributed by atoms with Crippen LogP contribution >= 0.6 is 0 Å². The van der Waals surface area contributed by atoms with Gasteiger partial charge in [-0.2, -0.15) is 13.2 Å². The second kappa shape index (κ2) is 6.06. The Morgan fingerprint density at radius 3 is 2.89 bits per heavy atom. The number of rotatable bonds is 4. The van der Waals surface area contributed by atoms with Crippen molar-refractivity contribution in [3.63, 3.8) is 0 Å². The van der Waals surface area contributed by atoms with Crippen LogP contribution in [0.5, 0.6) is 0 Å². The fourth-order valence-electron chi connectivity index (χ4n) is 1.85. The predicted molar refractivity (Wildman–Crippen MR) is 65.9 cm³/mol. The minimum Gasteiger partial charge on any atom is -0.377 e. The molecule has 0 radical (unpaired) electrons. The number of nitrogens with one attached hydrogen (secondary N) is 1. The third-order valence-electron chi connectivity index (χ3n) is 2.90. The maximum atomic E-state index is 12.5. The first-order valence-corrected chi connectivity index (χ1v) is 6.08. The topological polar surface area (TPSA) is 34.2 Å². The first-order chi connectivity index (χ1) is 9.05. The Bertz CT molecular complexity index is 457. The molecule has 0 unspecified atom stereocenters. The van der Waals surface area contributed by atoms with Gasteiger partial charge < -0.3 is 10.1 Å². The van der Waals surface area contributed by atoms with Gasteiger partial charge in [0.25, 0.3) is 0 Å². The molecule has 0 spiro atoms. The minimum atomic E-state index is -4.33. The molecule has 0 aromatic carbocycles. The van der Waals surface area contributed by atoms with Gasteiger partial charge in [0.2, 0.25) is 0 Å². The van der Waals surface area contributed by atoms with Crippen molar-refractivity contribution in [3.05, 3.63) is 35.5 Å². The van der Waals surface area contributed by atoms with Gasteiger partial charge in [0.15, 0.2) is 0 Å². The summed E-state index contributed by atoms with van der Waals surface area (Å²) in [5, 5.41) is 2.91. The predicted octanol–water partition coefficient (Wildman–Crippen LogP) is 3.25. The Balaban J connectivity index is 1.87. The maximum Gasteiger partial charge on any atom is 0.416 e. The summed E-state index contributed by atoms with van der Waals surface area (Å²) in [4.78, 5) is 3.88. The fourth-order valence-corrected chi connectivity index (χ4v) is 1.85. The molecular weight excluding hydrogens is 257 g/mol. The highest BCUT2D eigenvalue weighted by Crippen LogP contribution is 2.29. The van der Waals surface area contributed by atoms with Crippen LogP contribution in [0.15, 0.2) is 30.0 Å². The summed E-state index contributed by atoms with van der Waals surface area (Å²) in [7, 11) is 0. The molecule has 1 aliphatic rings. The number of pyridine rings is 1. The zero-order chi connectivity index (χ0) is 13.7. The molecule has 0 bridgehead atoms. The maximum absolute atomic E-state index is 12.5. The minimum absolute atomic E-state index is 0.252. The highest BCUT2D eigenvalue weighted by molar-refractivity contribution is 5.38. The molecule has 0 aliphatic carbocycles. The molecule has 6 heteroatoms. The molecule has 2 heterocycles. The molecule has 0 saturated heterocycles. The van der Waals surface area contributed by atoms with E-state index in [1.807, 2.05) is 6.08 Å². The molecule has 1 aromatic rings. The molecule has 0 amide bonds. The number of anilines is 1. The number of aromatic nitrogens is 1. The third-order valence-corrected chi connectivity index (χ3v) is 2.90. The number of halogens is 3. The zero-order valence-electron chi connectivity index (χ0n) is 10.3. The second-order valence-corrected chi connectivity index (χ2v) is 4.29. The molecule has 104 valence electrons. The van der Waals surface area contributed by atoms with Crippen molar-refractivity contribution in [3.8, 4) is 0 Å². The van der Waals surface area contributed by atoms with E-state index in [-0.39, 0.29) is 5.82 Å². The van der Waals surface area contributed by atoms with Crippen molar-refractivity contribution in [2.24, 2.45) is 0 Å². The summed E-state index contributed by atoms with van der Waals surface area (Å²) in [5.41, 5.74) is 0.584. The van der Waals surface area contributed by atoms with E-state index >= 15 is 0 Å². The van der Waals surface area contributed by atoms with Crippen molar-refractivity contribution in [1.82, 2.24) is 4.98 Å². The summed E-state index contributed by atoms with van der Waals surface area (Å²) >= 11 is 0. The van der Waals surface area contributed by atoms with E-state index in [1.165, 1.54) is 11.8 Å². The smallest absolute Gasteiger partial charge is 0.377 e. The quantitative estimate of drug-likeness (QED) is 0.854. The third kappa shape index (κ3) is 4.24. The Hall–Kier alpha value is -1.56. The van der Waals surface area contributed by atoms with Crippen molar-refractivity contribution in [1.29, 1.82) is 0 Å². The first kappa shape index (κ1) is 13.9. The van der Waals surface area contributed by atoms with Crippen LogP contribution in [0.25, 0.3) is 0 Å². The lowest BCUT2D eigenvalue weighted by Gasteiger charge is -2.14. The fraction of sp³-hybridized carbons (Fsp3) is 0.462. The van der Waals surface area contributed by atoms with Crippen molar-refractivity contribution in [2.75, 3.05) is 25.1 Å². The van der Waals surface area contributed by atoms with E-state index in [4.69, 9.17) is 4.74 Å². The molecule has 0 saturated carbocycles. The van der Waals surface area contributed by atoms with Crippen molar-refractivity contribution in [2.45, 2.75) is 19.0 Å². The summed E-state index contributed by atoms with van der Waals surface area (Å²) in [6, 6.07) is 1.99. The van der Waals surface area contributed by atoms with Gasteiger partial charge in [0, 0.05) is 12.7 Å². The molecule has 1 aromatic heterocycles. The highest BCUT2D eigenvalue weighted by atomic mass is 19.4. The van der Waals surface area contributed by atoms with Crippen LogP contribution in [0, 0.1) is 0 Å². The lowest BCUT2D eigenvalue weighted by atomic mass is 10.1.